The Hall–Kier alpha value is -1.03. The van der Waals surface area contributed by atoms with Gasteiger partial charge in [-0.1, -0.05) is 17.7 Å². The van der Waals surface area contributed by atoms with Gasteiger partial charge in [-0.2, -0.15) is 0 Å². The maximum atomic E-state index is 6.00. The van der Waals surface area contributed by atoms with Gasteiger partial charge in [-0.05, 0) is 41.1 Å². The van der Waals surface area contributed by atoms with Gasteiger partial charge in [0.1, 0.15) is 0 Å². The third kappa shape index (κ3) is 2.39. The van der Waals surface area contributed by atoms with Crippen molar-refractivity contribution in [2.24, 2.45) is 0 Å². The summed E-state index contributed by atoms with van der Waals surface area (Å²) in [5, 5.41) is 2.89. The third-order valence-electron chi connectivity index (χ3n) is 3.39. The minimum atomic E-state index is 0.704. The molecule has 0 radical (unpaired) electrons. The molecule has 1 aromatic carbocycles. The van der Waals surface area contributed by atoms with Gasteiger partial charge in [0.05, 0.1) is 0 Å². The Morgan fingerprint density at radius 3 is 3.06 bits per heavy atom. The van der Waals surface area contributed by atoms with Gasteiger partial charge >= 0.3 is 0 Å². The molecule has 1 aromatic heterocycles. The summed E-state index contributed by atoms with van der Waals surface area (Å²) in [6, 6.07) is 8.00. The topological polar surface area (TPSA) is 29.3 Å². The van der Waals surface area contributed by atoms with Crippen molar-refractivity contribution in [3.63, 3.8) is 0 Å². The first-order valence-corrected chi connectivity index (χ1v) is 7.29. The lowest BCUT2D eigenvalue weighted by Gasteiger charge is -2.27. The molecule has 0 amide bonds. The first kappa shape index (κ1) is 12.0. The molecular formula is C14H15ClN2S. The molecule has 1 aliphatic heterocycles. The fourth-order valence-electron chi connectivity index (χ4n) is 2.39. The Kier molecular flexibility index (Phi) is 3.29. The number of hydrogen-bond acceptors (Lipinski definition) is 3. The minimum absolute atomic E-state index is 0.704. The molecule has 94 valence electrons. The number of nitrogens with zero attached hydrogens (tertiary/aromatic N) is 1. The molecule has 2 aromatic rings. The zero-order valence-electron chi connectivity index (χ0n) is 10.0. The molecular weight excluding hydrogens is 264 g/mol. The molecule has 0 saturated carbocycles. The van der Waals surface area contributed by atoms with Crippen LogP contribution in [-0.4, -0.2) is 11.4 Å². The van der Waals surface area contributed by atoms with E-state index in [9.17, 15) is 0 Å². The second-order valence-corrected chi connectivity index (χ2v) is 6.11. The van der Waals surface area contributed by atoms with Crippen molar-refractivity contribution >= 4 is 28.6 Å². The molecule has 18 heavy (non-hydrogen) atoms. The molecule has 3 rings (SSSR count). The van der Waals surface area contributed by atoms with Crippen LogP contribution in [0.1, 0.15) is 16.0 Å². The van der Waals surface area contributed by atoms with Gasteiger partial charge in [0, 0.05) is 35.2 Å². The number of benzene rings is 1. The fourth-order valence-corrected chi connectivity index (χ4v) is 3.46. The predicted octanol–water partition coefficient (Wildman–Crippen LogP) is 3.54. The van der Waals surface area contributed by atoms with Crippen LogP contribution in [0.5, 0.6) is 0 Å². The van der Waals surface area contributed by atoms with Crippen molar-refractivity contribution in [1.82, 2.24) is 4.90 Å². The summed E-state index contributed by atoms with van der Waals surface area (Å²) in [6.45, 7) is 3.04. The molecule has 0 atom stereocenters. The van der Waals surface area contributed by atoms with E-state index in [0.717, 1.165) is 37.3 Å². The van der Waals surface area contributed by atoms with E-state index in [1.54, 1.807) is 0 Å². The lowest BCUT2D eigenvalue weighted by atomic mass is 10.1. The zero-order chi connectivity index (χ0) is 12.5. The Morgan fingerprint density at radius 1 is 1.33 bits per heavy atom. The molecule has 0 spiro atoms. The molecule has 0 aliphatic carbocycles. The highest BCUT2D eigenvalue weighted by Crippen LogP contribution is 2.26. The molecule has 0 bridgehead atoms. The van der Waals surface area contributed by atoms with Crippen molar-refractivity contribution in [3.8, 4) is 0 Å². The van der Waals surface area contributed by atoms with Crippen LogP contribution >= 0.6 is 22.9 Å². The minimum Gasteiger partial charge on any atom is -0.398 e. The first-order chi connectivity index (χ1) is 8.72. The summed E-state index contributed by atoms with van der Waals surface area (Å²) in [4.78, 5) is 3.98. The smallest absolute Gasteiger partial charge is 0.0426 e. The standard InChI is InChI=1S/C14H15ClN2S/c15-12-2-1-10(13(16)7-12)8-17-5-3-14-11(9-17)4-6-18-14/h1-2,4,6-7H,3,5,8-9,16H2. The summed E-state index contributed by atoms with van der Waals surface area (Å²) in [5.41, 5.74) is 9.43. The normalized spacial score (nSPS) is 15.6. The molecule has 2 heterocycles. The number of halogens is 1. The quantitative estimate of drug-likeness (QED) is 0.852. The van der Waals surface area contributed by atoms with Crippen LogP contribution < -0.4 is 5.73 Å². The van der Waals surface area contributed by atoms with Crippen LogP contribution in [0.2, 0.25) is 5.02 Å². The van der Waals surface area contributed by atoms with Crippen molar-refractivity contribution in [1.29, 1.82) is 0 Å². The summed E-state index contributed by atoms with van der Waals surface area (Å²) in [7, 11) is 0. The van der Waals surface area contributed by atoms with E-state index in [0.29, 0.717) is 5.02 Å². The predicted molar refractivity (Wildman–Crippen MR) is 78.0 cm³/mol. The Bertz CT molecular complexity index is 565. The van der Waals surface area contributed by atoms with Crippen LogP contribution in [-0.2, 0) is 19.5 Å². The molecule has 0 saturated heterocycles. The molecule has 2 N–H and O–H groups in total. The van der Waals surface area contributed by atoms with E-state index in [-0.39, 0.29) is 0 Å². The van der Waals surface area contributed by atoms with Gasteiger partial charge in [0.15, 0.2) is 0 Å². The monoisotopic (exact) mass is 278 g/mol. The van der Waals surface area contributed by atoms with Crippen molar-refractivity contribution in [2.75, 3.05) is 12.3 Å². The molecule has 4 heteroatoms. The highest BCUT2D eigenvalue weighted by atomic mass is 35.5. The molecule has 0 unspecified atom stereocenters. The second kappa shape index (κ2) is 4.92. The first-order valence-electron chi connectivity index (χ1n) is 6.04. The van der Waals surface area contributed by atoms with E-state index >= 15 is 0 Å². The highest BCUT2D eigenvalue weighted by Gasteiger charge is 2.17. The SMILES string of the molecule is Nc1cc(Cl)ccc1CN1CCc2sccc2C1. The fraction of sp³-hybridized carbons (Fsp3) is 0.286. The average Bonchev–Trinajstić information content (AvgIpc) is 2.80. The van der Waals surface area contributed by atoms with Crippen LogP contribution in [0.3, 0.4) is 0 Å². The summed E-state index contributed by atoms with van der Waals surface area (Å²) in [6.07, 6.45) is 1.15. The van der Waals surface area contributed by atoms with Crippen molar-refractivity contribution in [2.45, 2.75) is 19.5 Å². The van der Waals surface area contributed by atoms with Gasteiger partial charge in [-0.25, -0.2) is 0 Å². The maximum Gasteiger partial charge on any atom is 0.0426 e. The molecule has 1 aliphatic rings. The number of nitrogen functional groups attached to an aromatic ring is 1. The molecule has 0 fully saturated rings. The Morgan fingerprint density at radius 2 is 2.22 bits per heavy atom. The van der Waals surface area contributed by atoms with E-state index in [1.807, 2.05) is 29.5 Å². The van der Waals surface area contributed by atoms with Gasteiger partial charge in [-0.15, -0.1) is 11.3 Å². The maximum absolute atomic E-state index is 6.00. The lowest BCUT2D eigenvalue weighted by molar-refractivity contribution is 0.248. The third-order valence-corrected chi connectivity index (χ3v) is 4.65. The number of rotatable bonds is 2. The van der Waals surface area contributed by atoms with E-state index < -0.39 is 0 Å². The van der Waals surface area contributed by atoms with Gasteiger partial charge in [-0.3, -0.25) is 4.90 Å². The van der Waals surface area contributed by atoms with E-state index in [4.69, 9.17) is 17.3 Å². The van der Waals surface area contributed by atoms with Gasteiger partial charge < -0.3 is 5.73 Å². The highest BCUT2D eigenvalue weighted by molar-refractivity contribution is 7.10. The number of thiophene rings is 1. The van der Waals surface area contributed by atoms with E-state index in [2.05, 4.69) is 16.3 Å². The number of fused-ring (bicyclic) bond motifs is 1. The summed E-state index contributed by atoms with van der Waals surface area (Å²) in [5.74, 6) is 0. The Balaban J connectivity index is 1.74. The average molecular weight is 279 g/mol. The Labute approximate surface area is 116 Å². The summed E-state index contributed by atoms with van der Waals surface area (Å²) < 4.78 is 0. The van der Waals surface area contributed by atoms with E-state index in [1.165, 1.54) is 10.4 Å². The van der Waals surface area contributed by atoms with Gasteiger partial charge in [0.2, 0.25) is 0 Å². The number of nitrogens with two attached hydrogens (primary N) is 1. The van der Waals surface area contributed by atoms with Crippen LogP contribution in [0.4, 0.5) is 5.69 Å². The zero-order valence-corrected chi connectivity index (χ0v) is 11.6. The number of anilines is 1. The van der Waals surface area contributed by atoms with Crippen molar-refractivity contribution < 1.29 is 0 Å². The molecule has 2 nitrogen and oxygen atoms in total. The number of hydrogen-bond donors (Lipinski definition) is 1. The van der Waals surface area contributed by atoms with Crippen LogP contribution in [0.25, 0.3) is 0 Å². The lowest BCUT2D eigenvalue weighted by Crippen LogP contribution is -2.29. The second-order valence-electron chi connectivity index (χ2n) is 4.67. The van der Waals surface area contributed by atoms with Gasteiger partial charge in [0.25, 0.3) is 0 Å². The van der Waals surface area contributed by atoms with Crippen molar-refractivity contribution in [3.05, 3.63) is 50.7 Å². The van der Waals surface area contributed by atoms with Crippen LogP contribution in [0, 0.1) is 0 Å². The largest absolute Gasteiger partial charge is 0.398 e. The summed E-state index contributed by atoms with van der Waals surface area (Å²) >= 11 is 7.79. The van der Waals surface area contributed by atoms with Crippen LogP contribution in [0.15, 0.2) is 29.6 Å².